The molecule has 3 amide bonds. The van der Waals surface area contributed by atoms with Gasteiger partial charge in [0, 0.05) is 52.3 Å². The van der Waals surface area contributed by atoms with Crippen LogP contribution in [-0.4, -0.2) is 21.9 Å². The van der Waals surface area contributed by atoms with Gasteiger partial charge in [0.25, 0.3) is 5.91 Å². The third kappa shape index (κ3) is 2.93. The Hall–Kier alpha value is -3.87. The van der Waals surface area contributed by atoms with Gasteiger partial charge in [-0.3, -0.25) is 9.78 Å². The van der Waals surface area contributed by atoms with Crippen LogP contribution in [0.15, 0.2) is 55.0 Å². The summed E-state index contributed by atoms with van der Waals surface area (Å²) >= 11 is 0. The number of fused-ring (bicyclic) bond motifs is 1. The topological polar surface area (TPSA) is 113 Å². The number of nitrogens with zero attached hydrogens (tertiary/aromatic N) is 1. The van der Waals surface area contributed by atoms with Crippen molar-refractivity contribution >= 4 is 35.0 Å². The molecule has 1 aliphatic heterocycles. The molecule has 0 aliphatic carbocycles. The van der Waals surface area contributed by atoms with Crippen molar-refractivity contribution in [2.45, 2.75) is 0 Å². The number of H-pyrrole nitrogens is 1. The quantitative estimate of drug-likeness (QED) is 0.547. The van der Waals surface area contributed by atoms with Crippen molar-refractivity contribution in [3.63, 3.8) is 0 Å². The number of primary amides is 1. The molecule has 4 rings (SSSR count). The maximum absolute atomic E-state index is 12.3. The van der Waals surface area contributed by atoms with Crippen molar-refractivity contribution < 1.29 is 9.59 Å². The van der Waals surface area contributed by atoms with Crippen LogP contribution in [0.1, 0.15) is 11.3 Å². The van der Waals surface area contributed by atoms with E-state index in [1.165, 1.54) is 0 Å². The van der Waals surface area contributed by atoms with Gasteiger partial charge in [0.15, 0.2) is 0 Å². The third-order valence-corrected chi connectivity index (χ3v) is 4.07. The number of hydrogen-bond donors (Lipinski definition) is 4. The van der Waals surface area contributed by atoms with Gasteiger partial charge in [0.05, 0.1) is 5.57 Å². The van der Waals surface area contributed by atoms with E-state index in [4.69, 9.17) is 5.73 Å². The van der Waals surface area contributed by atoms with Crippen LogP contribution in [0.5, 0.6) is 0 Å². The Morgan fingerprint density at radius 3 is 2.85 bits per heavy atom. The smallest absolute Gasteiger partial charge is 0.316 e. The van der Waals surface area contributed by atoms with E-state index in [2.05, 4.69) is 20.6 Å². The number of carbonyl (C=O) groups is 2. The van der Waals surface area contributed by atoms with E-state index in [0.29, 0.717) is 22.5 Å². The molecule has 3 aromatic rings. The van der Waals surface area contributed by atoms with Crippen LogP contribution in [0.2, 0.25) is 0 Å². The monoisotopic (exact) mass is 345 g/mol. The van der Waals surface area contributed by atoms with Crippen LogP contribution in [0.25, 0.3) is 22.8 Å². The van der Waals surface area contributed by atoms with Crippen molar-refractivity contribution in [3.8, 4) is 11.1 Å². The lowest BCUT2D eigenvalue weighted by Crippen LogP contribution is -2.19. The summed E-state index contributed by atoms with van der Waals surface area (Å²) in [5.41, 5.74) is 10.3. The minimum Gasteiger partial charge on any atom is -0.361 e. The Morgan fingerprint density at radius 1 is 1.19 bits per heavy atom. The molecule has 7 nitrogen and oxygen atoms in total. The SMILES string of the molecule is NC(=O)Nc1ccc2c(c1)/C(=C/c1cc(-c3cccnc3)c[nH]1)C(=O)N2. The van der Waals surface area contributed by atoms with Gasteiger partial charge in [-0.2, -0.15) is 0 Å². The number of amides is 3. The molecule has 2 aromatic heterocycles. The highest BCUT2D eigenvalue weighted by atomic mass is 16.2. The minimum absolute atomic E-state index is 0.200. The van der Waals surface area contributed by atoms with Crippen molar-refractivity contribution in [1.29, 1.82) is 0 Å². The van der Waals surface area contributed by atoms with E-state index < -0.39 is 6.03 Å². The summed E-state index contributed by atoms with van der Waals surface area (Å²) in [6, 6.07) is 10.3. The molecular formula is C19H15N5O2. The molecule has 0 spiro atoms. The van der Waals surface area contributed by atoms with Crippen LogP contribution < -0.4 is 16.4 Å². The second-order valence-electron chi connectivity index (χ2n) is 5.85. The highest BCUT2D eigenvalue weighted by molar-refractivity contribution is 6.35. The van der Waals surface area contributed by atoms with Gasteiger partial charge in [-0.1, -0.05) is 6.07 Å². The molecule has 128 valence electrons. The maximum atomic E-state index is 12.3. The molecule has 0 saturated heterocycles. The Bertz CT molecular complexity index is 1040. The number of aromatic nitrogens is 2. The van der Waals surface area contributed by atoms with E-state index >= 15 is 0 Å². The molecule has 0 atom stereocenters. The molecule has 0 saturated carbocycles. The number of nitrogens with one attached hydrogen (secondary N) is 3. The third-order valence-electron chi connectivity index (χ3n) is 4.07. The molecule has 3 heterocycles. The number of urea groups is 1. The normalized spacial score (nSPS) is 14.2. The molecule has 5 N–H and O–H groups in total. The predicted octanol–water partition coefficient (Wildman–Crippen LogP) is 3.06. The number of anilines is 2. The van der Waals surface area contributed by atoms with Crippen molar-refractivity contribution in [2.75, 3.05) is 10.6 Å². The second kappa shape index (κ2) is 6.21. The molecule has 0 bridgehead atoms. The summed E-state index contributed by atoms with van der Waals surface area (Å²) in [6.45, 7) is 0. The highest BCUT2D eigenvalue weighted by Gasteiger charge is 2.24. The van der Waals surface area contributed by atoms with E-state index in [1.807, 2.05) is 24.4 Å². The summed E-state index contributed by atoms with van der Waals surface area (Å²) < 4.78 is 0. The molecule has 0 fully saturated rings. The van der Waals surface area contributed by atoms with E-state index in [-0.39, 0.29) is 5.91 Å². The zero-order chi connectivity index (χ0) is 18.1. The summed E-state index contributed by atoms with van der Waals surface area (Å²) in [6.07, 6.45) is 7.13. The fraction of sp³-hybridized carbons (Fsp3) is 0. The van der Waals surface area contributed by atoms with Crippen LogP contribution in [0.3, 0.4) is 0 Å². The number of nitrogens with two attached hydrogens (primary N) is 1. The Balaban J connectivity index is 1.69. The lowest BCUT2D eigenvalue weighted by molar-refractivity contribution is -0.110. The summed E-state index contributed by atoms with van der Waals surface area (Å²) in [5.74, 6) is -0.200. The zero-order valence-corrected chi connectivity index (χ0v) is 13.6. The minimum atomic E-state index is -0.654. The van der Waals surface area contributed by atoms with Crippen molar-refractivity contribution in [3.05, 3.63) is 66.2 Å². The van der Waals surface area contributed by atoms with E-state index in [1.54, 1.807) is 36.7 Å². The molecular weight excluding hydrogens is 330 g/mol. The van der Waals surface area contributed by atoms with Gasteiger partial charge in [0.2, 0.25) is 0 Å². The fourth-order valence-corrected chi connectivity index (χ4v) is 2.90. The summed E-state index contributed by atoms with van der Waals surface area (Å²) in [5, 5.41) is 5.33. The van der Waals surface area contributed by atoms with Crippen LogP contribution in [-0.2, 0) is 4.79 Å². The predicted molar refractivity (Wildman–Crippen MR) is 100 cm³/mol. The van der Waals surface area contributed by atoms with Gasteiger partial charge >= 0.3 is 6.03 Å². The highest BCUT2D eigenvalue weighted by Crippen LogP contribution is 2.35. The number of pyridine rings is 1. The molecule has 0 unspecified atom stereocenters. The number of benzene rings is 1. The molecule has 0 radical (unpaired) electrons. The first-order valence-corrected chi connectivity index (χ1v) is 7.93. The Morgan fingerprint density at radius 2 is 2.08 bits per heavy atom. The first-order valence-electron chi connectivity index (χ1n) is 7.93. The lowest BCUT2D eigenvalue weighted by atomic mass is 10.0. The number of rotatable bonds is 3. The van der Waals surface area contributed by atoms with Gasteiger partial charge in [-0.15, -0.1) is 0 Å². The van der Waals surface area contributed by atoms with Crippen molar-refractivity contribution in [1.82, 2.24) is 9.97 Å². The van der Waals surface area contributed by atoms with E-state index in [9.17, 15) is 9.59 Å². The average molecular weight is 345 g/mol. The Kier molecular flexibility index (Phi) is 3.74. The number of aromatic amines is 1. The van der Waals surface area contributed by atoms with Crippen LogP contribution in [0.4, 0.5) is 16.2 Å². The van der Waals surface area contributed by atoms with Gasteiger partial charge in [-0.25, -0.2) is 4.79 Å². The van der Waals surface area contributed by atoms with Crippen molar-refractivity contribution in [2.24, 2.45) is 5.73 Å². The average Bonchev–Trinajstić information content (AvgIpc) is 3.21. The van der Waals surface area contributed by atoms with Gasteiger partial charge in [0.1, 0.15) is 0 Å². The summed E-state index contributed by atoms with van der Waals surface area (Å²) in [4.78, 5) is 30.6. The molecule has 1 aromatic carbocycles. The first kappa shape index (κ1) is 15.6. The number of carbonyl (C=O) groups excluding carboxylic acids is 2. The molecule has 26 heavy (non-hydrogen) atoms. The zero-order valence-electron chi connectivity index (χ0n) is 13.6. The molecule has 7 heteroatoms. The fourth-order valence-electron chi connectivity index (χ4n) is 2.90. The van der Waals surface area contributed by atoms with E-state index in [0.717, 1.165) is 16.8 Å². The first-order chi connectivity index (χ1) is 12.6. The lowest BCUT2D eigenvalue weighted by Gasteiger charge is -2.04. The van der Waals surface area contributed by atoms with Crippen LogP contribution in [0, 0.1) is 0 Å². The standard InChI is InChI=1S/C19H15N5O2/c20-19(26)23-13-3-4-17-15(7-13)16(18(25)24-17)8-14-6-12(10-22-14)11-2-1-5-21-9-11/h1-10,22H,(H,24,25)(H3,20,23,26)/b16-8-. The van der Waals surface area contributed by atoms with Gasteiger partial charge < -0.3 is 21.4 Å². The summed E-state index contributed by atoms with van der Waals surface area (Å²) in [7, 11) is 0. The molecule has 1 aliphatic rings. The van der Waals surface area contributed by atoms with Gasteiger partial charge in [-0.05, 0) is 36.4 Å². The maximum Gasteiger partial charge on any atom is 0.316 e. The largest absolute Gasteiger partial charge is 0.361 e. The number of hydrogen-bond acceptors (Lipinski definition) is 3. The second-order valence-corrected chi connectivity index (χ2v) is 5.85. The Labute approximate surface area is 149 Å². The van der Waals surface area contributed by atoms with Crippen LogP contribution >= 0.6 is 0 Å².